The number of rotatable bonds is 5. The highest BCUT2D eigenvalue weighted by Crippen LogP contribution is 2.31. The van der Waals surface area contributed by atoms with E-state index in [4.69, 9.17) is 4.74 Å². The molecule has 2 rings (SSSR count). The van der Waals surface area contributed by atoms with Gasteiger partial charge in [-0.05, 0) is 37.6 Å². The van der Waals surface area contributed by atoms with Crippen LogP contribution in [0.3, 0.4) is 0 Å². The first kappa shape index (κ1) is 13.8. The number of halogens is 1. The zero-order valence-electron chi connectivity index (χ0n) is 10.9. The molecule has 1 aliphatic rings. The fourth-order valence-corrected chi connectivity index (χ4v) is 2.37. The molecule has 0 spiro atoms. The molecule has 0 bridgehead atoms. The van der Waals surface area contributed by atoms with Crippen LogP contribution < -0.4 is 4.90 Å². The molecule has 1 saturated heterocycles. The minimum atomic E-state index is -0.857. The lowest BCUT2D eigenvalue weighted by Crippen LogP contribution is -2.44. The van der Waals surface area contributed by atoms with Crippen molar-refractivity contribution >= 4 is 11.7 Å². The number of aliphatic carboxylic acids is 1. The maximum absolute atomic E-state index is 12.9. The van der Waals surface area contributed by atoms with Gasteiger partial charge in [-0.3, -0.25) is 4.79 Å². The van der Waals surface area contributed by atoms with Crippen LogP contribution in [-0.2, 0) is 9.53 Å². The molecule has 0 amide bonds. The number of ether oxygens (including phenoxy) is 1. The number of anilines is 1. The third-order valence-electron chi connectivity index (χ3n) is 3.62. The lowest BCUT2D eigenvalue weighted by molar-refractivity contribution is -0.148. The Bertz CT molecular complexity index is 441. The van der Waals surface area contributed by atoms with Gasteiger partial charge in [0.25, 0.3) is 0 Å². The monoisotopic (exact) mass is 267 g/mol. The van der Waals surface area contributed by atoms with Crippen LogP contribution in [0.5, 0.6) is 0 Å². The van der Waals surface area contributed by atoms with Crippen molar-refractivity contribution in [2.75, 3.05) is 31.2 Å². The van der Waals surface area contributed by atoms with Gasteiger partial charge in [0, 0.05) is 25.4 Å². The standard InChI is InChI=1S/C14H18FNO3/c1-2-16(12-5-3-11(15)4-6-12)9-14(13(17)18)7-8-19-10-14/h3-6H,2,7-10H2,1H3,(H,17,18). The molecular formula is C14H18FNO3. The summed E-state index contributed by atoms with van der Waals surface area (Å²) >= 11 is 0. The molecule has 104 valence electrons. The summed E-state index contributed by atoms with van der Waals surface area (Å²) in [5.41, 5.74) is -0.0267. The number of carbonyl (C=O) groups is 1. The molecule has 0 saturated carbocycles. The number of carboxylic acid groups (broad SMARTS) is 1. The van der Waals surface area contributed by atoms with E-state index < -0.39 is 11.4 Å². The van der Waals surface area contributed by atoms with Gasteiger partial charge in [0.15, 0.2) is 0 Å². The Labute approximate surface area is 111 Å². The van der Waals surface area contributed by atoms with Crippen LogP contribution in [0.4, 0.5) is 10.1 Å². The van der Waals surface area contributed by atoms with Crippen LogP contribution in [0.1, 0.15) is 13.3 Å². The second kappa shape index (κ2) is 5.57. The first-order valence-electron chi connectivity index (χ1n) is 6.39. The number of hydrogen-bond donors (Lipinski definition) is 1. The number of hydrogen-bond acceptors (Lipinski definition) is 3. The molecule has 1 fully saturated rings. The lowest BCUT2D eigenvalue weighted by Gasteiger charge is -2.32. The largest absolute Gasteiger partial charge is 0.481 e. The van der Waals surface area contributed by atoms with Crippen molar-refractivity contribution in [3.05, 3.63) is 30.1 Å². The van der Waals surface area contributed by atoms with Crippen LogP contribution in [-0.4, -0.2) is 37.4 Å². The maximum Gasteiger partial charge on any atom is 0.313 e. The summed E-state index contributed by atoms with van der Waals surface area (Å²) in [5, 5.41) is 9.43. The minimum absolute atomic E-state index is 0.236. The van der Waals surface area contributed by atoms with E-state index in [2.05, 4.69) is 0 Å². The normalized spacial score (nSPS) is 22.4. The summed E-state index contributed by atoms with van der Waals surface area (Å²) in [6, 6.07) is 6.11. The fraction of sp³-hybridized carbons (Fsp3) is 0.500. The van der Waals surface area contributed by atoms with Crippen molar-refractivity contribution in [2.24, 2.45) is 5.41 Å². The van der Waals surface area contributed by atoms with Crippen LogP contribution in [0, 0.1) is 11.2 Å². The molecule has 4 nitrogen and oxygen atoms in total. The Balaban J connectivity index is 2.18. The van der Waals surface area contributed by atoms with Gasteiger partial charge in [0.05, 0.1) is 6.61 Å². The second-order valence-electron chi connectivity index (χ2n) is 4.88. The highest BCUT2D eigenvalue weighted by atomic mass is 19.1. The van der Waals surface area contributed by atoms with Crippen molar-refractivity contribution in [2.45, 2.75) is 13.3 Å². The van der Waals surface area contributed by atoms with E-state index in [0.717, 1.165) is 5.69 Å². The zero-order chi connectivity index (χ0) is 13.9. The molecule has 0 radical (unpaired) electrons. The maximum atomic E-state index is 12.9. The Morgan fingerprint density at radius 3 is 2.63 bits per heavy atom. The first-order chi connectivity index (χ1) is 9.07. The van der Waals surface area contributed by atoms with Crippen molar-refractivity contribution in [3.63, 3.8) is 0 Å². The van der Waals surface area contributed by atoms with Crippen LogP contribution in [0.2, 0.25) is 0 Å². The lowest BCUT2D eigenvalue weighted by atomic mass is 9.86. The smallest absolute Gasteiger partial charge is 0.313 e. The van der Waals surface area contributed by atoms with Crippen molar-refractivity contribution < 1.29 is 19.0 Å². The number of benzene rings is 1. The number of carboxylic acids is 1. The van der Waals surface area contributed by atoms with E-state index in [1.54, 1.807) is 12.1 Å². The quantitative estimate of drug-likeness (QED) is 0.888. The SMILES string of the molecule is CCN(CC1(C(=O)O)CCOC1)c1ccc(F)cc1. The number of nitrogens with zero attached hydrogens (tertiary/aromatic N) is 1. The molecule has 0 aliphatic carbocycles. The Morgan fingerprint density at radius 1 is 1.47 bits per heavy atom. The Morgan fingerprint density at radius 2 is 2.16 bits per heavy atom. The van der Waals surface area contributed by atoms with E-state index in [1.807, 2.05) is 11.8 Å². The second-order valence-corrected chi connectivity index (χ2v) is 4.88. The van der Waals surface area contributed by atoms with Crippen LogP contribution >= 0.6 is 0 Å². The van der Waals surface area contributed by atoms with E-state index in [1.165, 1.54) is 12.1 Å². The van der Waals surface area contributed by atoms with E-state index in [-0.39, 0.29) is 12.4 Å². The van der Waals surface area contributed by atoms with E-state index in [9.17, 15) is 14.3 Å². The summed E-state index contributed by atoms with van der Waals surface area (Å²) < 4.78 is 18.2. The van der Waals surface area contributed by atoms with E-state index in [0.29, 0.717) is 26.1 Å². The molecule has 1 unspecified atom stereocenters. The Kier molecular flexibility index (Phi) is 4.04. The summed E-state index contributed by atoms with van der Waals surface area (Å²) in [5.74, 6) is -1.12. The van der Waals surface area contributed by atoms with Crippen LogP contribution in [0.25, 0.3) is 0 Å². The minimum Gasteiger partial charge on any atom is -0.481 e. The van der Waals surface area contributed by atoms with Gasteiger partial charge < -0.3 is 14.7 Å². The average molecular weight is 267 g/mol. The third-order valence-corrected chi connectivity index (χ3v) is 3.62. The molecule has 1 N–H and O–H groups in total. The van der Waals surface area contributed by atoms with Gasteiger partial charge in [-0.15, -0.1) is 0 Å². The molecule has 1 heterocycles. The Hall–Kier alpha value is -1.62. The van der Waals surface area contributed by atoms with Gasteiger partial charge in [0.2, 0.25) is 0 Å². The molecule has 0 aromatic heterocycles. The average Bonchev–Trinajstić information content (AvgIpc) is 2.87. The van der Waals surface area contributed by atoms with Crippen molar-refractivity contribution in [1.29, 1.82) is 0 Å². The molecule has 1 aliphatic heterocycles. The molecule has 5 heteroatoms. The van der Waals surface area contributed by atoms with Crippen LogP contribution in [0.15, 0.2) is 24.3 Å². The first-order valence-corrected chi connectivity index (χ1v) is 6.39. The predicted molar refractivity (Wildman–Crippen MR) is 69.8 cm³/mol. The topological polar surface area (TPSA) is 49.8 Å². The summed E-state index contributed by atoms with van der Waals surface area (Å²) in [6.07, 6.45) is 0.514. The molecule has 1 atom stereocenters. The van der Waals surface area contributed by atoms with Gasteiger partial charge >= 0.3 is 5.97 Å². The fourth-order valence-electron chi connectivity index (χ4n) is 2.37. The van der Waals surface area contributed by atoms with Gasteiger partial charge in [0.1, 0.15) is 11.2 Å². The van der Waals surface area contributed by atoms with Gasteiger partial charge in [-0.2, -0.15) is 0 Å². The van der Waals surface area contributed by atoms with E-state index >= 15 is 0 Å². The molecular weight excluding hydrogens is 249 g/mol. The zero-order valence-corrected chi connectivity index (χ0v) is 10.9. The van der Waals surface area contributed by atoms with Crippen molar-refractivity contribution in [3.8, 4) is 0 Å². The summed E-state index contributed by atoms with van der Waals surface area (Å²) in [7, 11) is 0. The molecule has 1 aromatic rings. The van der Waals surface area contributed by atoms with Gasteiger partial charge in [-0.25, -0.2) is 4.39 Å². The highest BCUT2D eigenvalue weighted by molar-refractivity contribution is 5.76. The molecule has 1 aromatic carbocycles. The van der Waals surface area contributed by atoms with Crippen molar-refractivity contribution in [1.82, 2.24) is 0 Å². The highest BCUT2D eigenvalue weighted by Gasteiger charge is 2.43. The summed E-state index contributed by atoms with van der Waals surface area (Å²) in [4.78, 5) is 13.4. The molecule has 19 heavy (non-hydrogen) atoms. The third kappa shape index (κ3) is 2.87. The summed E-state index contributed by atoms with van der Waals surface area (Å²) in [6.45, 7) is 3.72. The predicted octanol–water partition coefficient (Wildman–Crippen LogP) is 2.14. The van der Waals surface area contributed by atoms with Gasteiger partial charge in [-0.1, -0.05) is 0 Å².